The van der Waals surface area contributed by atoms with Crippen molar-refractivity contribution in [2.24, 2.45) is 11.5 Å². The lowest BCUT2D eigenvalue weighted by Gasteiger charge is -1.94. The molecule has 0 saturated heterocycles. The third-order valence-corrected chi connectivity index (χ3v) is 1.11. The van der Waals surface area contributed by atoms with Crippen molar-refractivity contribution in [3.63, 3.8) is 0 Å². The first-order valence-electron chi connectivity index (χ1n) is 2.86. The maximum Gasteiger partial charge on any atom is 0.198 e. The molecule has 0 rings (SSSR count). The Kier molecular flexibility index (Phi) is 3.55. The van der Waals surface area contributed by atoms with Crippen LogP contribution in [0.25, 0.3) is 0 Å². The molecule has 9 heavy (non-hydrogen) atoms. The summed E-state index contributed by atoms with van der Waals surface area (Å²) in [5.74, 6) is 0.775. The molecule has 3 nitrogen and oxygen atoms in total. The molecule has 0 aromatic carbocycles. The zero-order valence-corrected chi connectivity index (χ0v) is 5.89. The lowest BCUT2D eigenvalue weighted by atomic mass is 10.3. The molecule has 0 aromatic rings. The van der Waals surface area contributed by atoms with Crippen molar-refractivity contribution in [3.05, 3.63) is 23.7 Å². The van der Waals surface area contributed by atoms with Gasteiger partial charge in [0.05, 0.1) is 7.05 Å². The van der Waals surface area contributed by atoms with Crippen LogP contribution in [0.2, 0.25) is 0 Å². The van der Waals surface area contributed by atoms with Gasteiger partial charge in [-0.3, -0.25) is 0 Å². The first kappa shape index (κ1) is 8.04. The fourth-order valence-electron chi connectivity index (χ4n) is 0.468. The van der Waals surface area contributed by atoms with Crippen molar-refractivity contribution in [1.82, 2.24) is 0 Å². The third kappa shape index (κ3) is 2.77. The molecular weight excluding hydrogens is 114 g/mol. The molecule has 0 saturated carbocycles. The van der Waals surface area contributed by atoms with E-state index in [9.17, 15) is 0 Å². The van der Waals surface area contributed by atoms with Gasteiger partial charge in [-0.2, -0.15) is 0 Å². The molecule has 0 unspecified atom stereocenters. The van der Waals surface area contributed by atoms with Gasteiger partial charge < -0.3 is 16.8 Å². The van der Waals surface area contributed by atoms with E-state index < -0.39 is 0 Å². The summed E-state index contributed by atoms with van der Waals surface area (Å²) in [6, 6.07) is 0. The predicted molar refractivity (Wildman–Crippen MR) is 38.1 cm³/mol. The van der Waals surface area contributed by atoms with Crippen LogP contribution in [0.4, 0.5) is 0 Å². The number of allylic oxidation sites excluding steroid dienone is 2. The van der Waals surface area contributed by atoms with Crippen molar-refractivity contribution >= 4 is 0 Å². The molecule has 0 aliphatic carbocycles. The van der Waals surface area contributed by atoms with Crippen LogP contribution in [0.3, 0.4) is 0 Å². The highest BCUT2D eigenvalue weighted by Crippen LogP contribution is 1.90. The minimum Gasteiger partial charge on any atom is -0.405 e. The first-order chi connectivity index (χ1) is 4.22. The summed E-state index contributed by atoms with van der Waals surface area (Å²) in [5.41, 5.74) is 11.7. The fourth-order valence-corrected chi connectivity index (χ4v) is 0.468. The number of hydrogen-bond acceptors (Lipinski definition) is 2. The van der Waals surface area contributed by atoms with Gasteiger partial charge in [0, 0.05) is 5.57 Å². The molecule has 52 valence electrons. The van der Waals surface area contributed by atoms with Crippen LogP contribution in [-0.4, -0.2) is 7.05 Å². The van der Waals surface area contributed by atoms with Gasteiger partial charge in [-0.05, 0) is 19.2 Å². The molecule has 0 fully saturated rings. The van der Waals surface area contributed by atoms with Gasteiger partial charge in [0.25, 0.3) is 0 Å². The number of nitrogens with two attached hydrogens (primary N) is 3. The summed E-state index contributed by atoms with van der Waals surface area (Å²) in [6.07, 6.45) is 3.25. The minimum absolute atomic E-state index is 0.775. The van der Waals surface area contributed by atoms with Gasteiger partial charge in [-0.15, -0.1) is 0 Å². The Bertz CT molecular complexity index is 135. The SMILES string of the molecule is C[NH2+]C(N)=C(C)C=CN. The monoisotopic (exact) mass is 128 g/mol. The van der Waals surface area contributed by atoms with Crippen molar-refractivity contribution in [3.8, 4) is 0 Å². The summed E-state index contributed by atoms with van der Waals surface area (Å²) < 4.78 is 0. The molecule has 0 aliphatic heterocycles. The summed E-state index contributed by atoms with van der Waals surface area (Å²) in [7, 11) is 1.89. The number of hydrogen-bond donors (Lipinski definition) is 3. The number of quaternary nitrogens is 1. The van der Waals surface area contributed by atoms with E-state index in [-0.39, 0.29) is 0 Å². The Balaban J connectivity index is 4.10. The van der Waals surface area contributed by atoms with Crippen LogP contribution >= 0.6 is 0 Å². The summed E-state index contributed by atoms with van der Waals surface area (Å²) >= 11 is 0. The molecule has 0 bridgehead atoms. The second-order valence-corrected chi connectivity index (χ2v) is 1.79. The van der Waals surface area contributed by atoms with E-state index >= 15 is 0 Å². The van der Waals surface area contributed by atoms with Crippen LogP contribution in [0.15, 0.2) is 23.7 Å². The Morgan fingerprint density at radius 2 is 2.11 bits per heavy atom. The lowest BCUT2D eigenvalue weighted by Crippen LogP contribution is -2.80. The summed E-state index contributed by atoms with van der Waals surface area (Å²) in [5, 5.41) is 1.84. The quantitative estimate of drug-likeness (QED) is 0.411. The Morgan fingerprint density at radius 3 is 2.44 bits per heavy atom. The number of rotatable bonds is 2. The van der Waals surface area contributed by atoms with E-state index in [1.165, 1.54) is 6.20 Å². The molecule has 6 N–H and O–H groups in total. The standard InChI is InChI=1S/C6H13N3/c1-5(3-4-7)6(8)9-2/h3-4,9H,7-8H2,1-2H3/p+1. The maximum absolute atomic E-state index is 5.52. The van der Waals surface area contributed by atoms with Gasteiger partial charge in [-0.25, -0.2) is 0 Å². The Labute approximate surface area is 55.4 Å². The average molecular weight is 128 g/mol. The minimum atomic E-state index is 0.775. The molecule has 0 amide bonds. The highest BCUT2D eigenvalue weighted by Gasteiger charge is 1.91. The van der Waals surface area contributed by atoms with E-state index in [0.717, 1.165) is 11.4 Å². The van der Waals surface area contributed by atoms with Crippen LogP contribution < -0.4 is 16.8 Å². The van der Waals surface area contributed by atoms with Crippen molar-refractivity contribution in [2.75, 3.05) is 7.05 Å². The molecule has 0 atom stereocenters. The summed E-state index contributed by atoms with van der Waals surface area (Å²) in [4.78, 5) is 0. The van der Waals surface area contributed by atoms with Crippen molar-refractivity contribution < 1.29 is 5.32 Å². The summed E-state index contributed by atoms with van der Waals surface area (Å²) in [6.45, 7) is 1.92. The van der Waals surface area contributed by atoms with E-state index in [0.29, 0.717) is 0 Å². The normalized spacial score (nSPS) is 14.0. The average Bonchev–Trinajstić information content (AvgIpc) is 1.87. The maximum atomic E-state index is 5.52. The fraction of sp³-hybridized carbons (Fsp3) is 0.333. The molecular formula is C6H14N3+. The second kappa shape index (κ2) is 3.97. The van der Waals surface area contributed by atoms with Crippen LogP contribution in [0, 0.1) is 0 Å². The highest BCUT2D eigenvalue weighted by molar-refractivity contribution is 5.15. The van der Waals surface area contributed by atoms with Gasteiger partial charge in [0.2, 0.25) is 0 Å². The van der Waals surface area contributed by atoms with Gasteiger partial charge in [-0.1, -0.05) is 0 Å². The Hall–Kier alpha value is -0.960. The van der Waals surface area contributed by atoms with Crippen LogP contribution in [0.5, 0.6) is 0 Å². The molecule has 0 heterocycles. The smallest absolute Gasteiger partial charge is 0.198 e. The molecule has 0 radical (unpaired) electrons. The Morgan fingerprint density at radius 1 is 1.56 bits per heavy atom. The van der Waals surface area contributed by atoms with Gasteiger partial charge in [0.15, 0.2) is 5.82 Å². The van der Waals surface area contributed by atoms with Gasteiger partial charge >= 0.3 is 0 Å². The van der Waals surface area contributed by atoms with Gasteiger partial charge in [0.1, 0.15) is 0 Å². The first-order valence-corrected chi connectivity index (χ1v) is 2.86. The topological polar surface area (TPSA) is 68.6 Å². The lowest BCUT2D eigenvalue weighted by molar-refractivity contribution is -0.578. The molecule has 0 spiro atoms. The van der Waals surface area contributed by atoms with Crippen LogP contribution in [-0.2, 0) is 0 Å². The van der Waals surface area contributed by atoms with Crippen molar-refractivity contribution in [2.45, 2.75) is 6.92 Å². The zero-order valence-electron chi connectivity index (χ0n) is 5.89. The zero-order chi connectivity index (χ0) is 7.28. The van der Waals surface area contributed by atoms with E-state index in [1.54, 1.807) is 6.08 Å². The largest absolute Gasteiger partial charge is 0.405 e. The van der Waals surface area contributed by atoms with E-state index in [4.69, 9.17) is 11.5 Å². The third-order valence-electron chi connectivity index (χ3n) is 1.11. The predicted octanol–water partition coefficient (Wildman–Crippen LogP) is -1.16. The van der Waals surface area contributed by atoms with Crippen LogP contribution in [0.1, 0.15) is 6.92 Å². The highest BCUT2D eigenvalue weighted by atomic mass is 15.0. The van der Waals surface area contributed by atoms with E-state index in [2.05, 4.69) is 0 Å². The molecule has 0 aliphatic rings. The van der Waals surface area contributed by atoms with E-state index in [1.807, 2.05) is 19.3 Å². The molecule has 0 aromatic heterocycles. The van der Waals surface area contributed by atoms with Crippen molar-refractivity contribution in [1.29, 1.82) is 0 Å². The second-order valence-electron chi connectivity index (χ2n) is 1.79. The molecule has 3 heteroatoms.